The number of thioether (sulfide) groups is 1. The Morgan fingerprint density at radius 2 is 1.96 bits per heavy atom. The molecule has 3 aliphatic rings. The molecule has 2 aromatic carbocycles. The van der Waals surface area contributed by atoms with Gasteiger partial charge in [-0.1, -0.05) is 55.7 Å². The predicted octanol–water partition coefficient (Wildman–Crippen LogP) is 4.27. The number of anilines is 1. The van der Waals surface area contributed by atoms with Crippen molar-refractivity contribution in [2.75, 3.05) is 11.1 Å². The van der Waals surface area contributed by atoms with Crippen LogP contribution < -0.4 is 10.8 Å². The summed E-state index contributed by atoms with van der Waals surface area (Å²) < 4.78 is 0. The Bertz CT molecular complexity index is 899. The van der Waals surface area contributed by atoms with E-state index in [1.165, 1.54) is 33.7 Å². The second kappa shape index (κ2) is 5.44. The summed E-state index contributed by atoms with van der Waals surface area (Å²) in [6.45, 7) is 4.79. The van der Waals surface area contributed by atoms with E-state index >= 15 is 0 Å². The zero-order chi connectivity index (χ0) is 17.2. The van der Waals surface area contributed by atoms with Crippen LogP contribution in [-0.4, -0.2) is 19.6 Å². The molecular formula is C22H22BNS. The molecule has 2 atom stereocenters. The molecule has 2 unspecified atom stereocenters. The Balaban J connectivity index is 1.65. The molecule has 1 N–H and O–H groups in total. The first kappa shape index (κ1) is 15.6. The van der Waals surface area contributed by atoms with Crippen LogP contribution in [0.4, 0.5) is 5.69 Å². The maximum absolute atomic E-state index is 6.09. The van der Waals surface area contributed by atoms with Crippen LogP contribution in [0.2, 0.25) is 0 Å². The van der Waals surface area contributed by atoms with Crippen molar-refractivity contribution in [1.82, 2.24) is 0 Å². The molecule has 1 nitrogen and oxygen atoms in total. The molecule has 2 aromatic rings. The quantitative estimate of drug-likeness (QED) is 0.717. The molecule has 5 rings (SSSR count). The summed E-state index contributed by atoms with van der Waals surface area (Å²) >= 11 is 2.07. The van der Waals surface area contributed by atoms with Gasteiger partial charge in [-0.3, -0.25) is 0 Å². The van der Waals surface area contributed by atoms with Crippen LogP contribution in [0.3, 0.4) is 0 Å². The van der Waals surface area contributed by atoms with Gasteiger partial charge in [0.15, 0.2) is 0 Å². The Morgan fingerprint density at radius 3 is 2.84 bits per heavy atom. The zero-order valence-electron chi connectivity index (χ0n) is 14.8. The van der Waals surface area contributed by atoms with Gasteiger partial charge in [0.2, 0.25) is 0 Å². The van der Waals surface area contributed by atoms with Crippen molar-refractivity contribution in [3.05, 3.63) is 64.7 Å². The Hall–Kier alpha value is -1.61. The van der Waals surface area contributed by atoms with Gasteiger partial charge in [0.25, 0.3) is 0 Å². The third kappa shape index (κ3) is 2.25. The van der Waals surface area contributed by atoms with E-state index in [1.54, 1.807) is 5.57 Å². The highest BCUT2D eigenvalue weighted by molar-refractivity contribution is 8.08. The van der Waals surface area contributed by atoms with Gasteiger partial charge >= 0.3 is 0 Å². The Morgan fingerprint density at radius 1 is 1.12 bits per heavy atom. The fourth-order valence-electron chi connectivity index (χ4n) is 4.90. The molecule has 1 aliphatic carbocycles. The minimum atomic E-state index is 0.128. The molecule has 0 bridgehead atoms. The van der Waals surface area contributed by atoms with Crippen molar-refractivity contribution in [3.8, 4) is 0 Å². The van der Waals surface area contributed by atoms with E-state index in [0.717, 1.165) is 17.6 Å². The topological polar surface area (TPSA) is 12.0 Å². The second-order valence-corrected chi connectivity index (χ2v) is 9.11. The lowest BCUT2D eigenvalue weighted by atomic mass is 9.64. The maximum atomic E-state index is 6.09. The highest BCUT2D eigenvalue weighted by Gasteiger charge is 2.46. The zero-order valence-corrected chi connectivity index (χ0v) is 15.6. The van der Waals surface area contributed by atoms with Crippen LogP contribution in [0, 0.1) is 5.92 Å². The largest absolute Gasteiger partial charge is 0.378 e. The van der Waals surface area contributed by atoms with E-state index < -0.39 is 0 Å². The first-order valence-corrected chi connectivity index (χ1v) is 10.1. The lowest BCUT2D eigenvalue weighted by Crippen LogP contribution is -2.50. The average Bonchev–Trinajstić information content (AvgIpc) is 2.62. The summed E-state index contributed by atoms with van der Waals surface area (Å²) in [5, 5.41) is 3.89. The van der Waals surface area contributed by atoms with Gasteiger partial charge in [-0.05, 0) is 46.6 Å². The number of aryl methyl sites for hydroxylation is 1. The summed E-state index contributed by atoms with van der Waals surface area (Å²) in [7, 11) is 6.09. The van der Waals surface area contributed by atoms with Crippen molar-refractivity contribution in [2.24, 2.45) is 5.92 Å². The number of nitrogens with one attached hydrogen (secondary N) is 1. The van der Waals surface area contributed by atoms with E-state index in [1.807, 2.05) is 6.07 Å². The van der Waals surface area contributed by atoms with E-state index in [0.29, 0.717) is 12.0 Å². The number of fused-ring (bicyclic) bond motifs is 5. The lowest BCUT2D eigenvalue weighted by Gasteiger charge is -2.50. The highest BCUT2D eigenvalue weighted by atomic mass is 32.2. The van der Waals surface area contributed by atoms with Crippen LogP contribution in [0.25, 0.3) is 4.91 Å². The summed E-state index contributed by atoms with van der Waals surface area (Å²) in [6.07, 6.45) is 2.34. The van der Waals surface area contributed by atoms with Crippen LogP contribution in [0.1, 0.15) is 37.0 Å². The third-order valence-electron chi connectivity index (χ3n) is 6.38. The van der Waals surface area contributed by atoms with Gasteiger partial charge in [-0.25, -0.2) is 0 Å². The van der Waals surface area contributed by atoms with Gasteiger partial charge in [0, 0.05) is 22.3 Å². The molecule has 25 heavy (non-hydrogen) atoms. The smallest absolute Gasteiger partial charge is 0.113 e. The number of hydrogen-bond acceptors (Lipinski definition) is 2. The minimum absolute atomic E-state index is 0.128. The SMILES string of the molecule is [B]c1ccc2c(c1)C(C)(C)C1CSC3=C(CCc4ccccc43)C1N2. The Kier molecular flexibility index (Phi) is 3.40. The first-order valence-electron chi connectivity index (χ1n) is 9.16. The molecule has 0 fully saturated rings. The number of benzene rings is 2. The van der Waals surface area contributed by atoms with E-state index in [9.17, 15) is 0 Å². The monoisotopic (exact) mass is 343 g/mol. The average molecular weight is 343 g/mol. The lowest BCUT2D eigenvalue weighted by molar-refractivity contribution is 0.311. The van der Waals surface area contributed by atoms with Crippen molar-refractivity contribution in [3.63, 3.8) is 0 Å². The van der Waals surface area contributed by atoms with Gasteiger partial charge in [0.1, 0.15) is 7.85 Å². The number of rotatable bonds is 0. The summed E-state index contributed by atoms with van der Waals surface area (Å²) in [5.74, 6) is 1.75. The molecule has 0 saturated heterocycles. The molecule has 0 aromatic heterocycles. The minimum Gasteiger partial charge on any atom is -0.378 e. The fraction of sp³-hybridized carbons (Fsp3) is 0.364. The fourth-order valence-corrected chi connectivity index (χ4v) is 6.62. The highest BCUT2D eigenvalue weighted by Crippen LogP contribution is 2.54. The summed E-state index contributed by atoms with van der Waals surface area (Å²) in [6, 6.07) is 15.7. The van der Waals surface area contributed by atoms with Crippen molar-refractivity contribution >= 4 is 35.7 Å². The molecule has 124 valence electrons. The van der Waals surface area contributed by atoms with Crippen LogP contribution in [-0.2, 0) is 11.8 Å². The summed E-state index contributed by atoms with van der Waals surface area (Å²) in [5.41, 5.74) is 8.22. The predicted molar refractivity (Wildman–Crippen MR) is 110 cm³/mol. The summed E-state index contributed by atoms with van der Waals surface area (Å²) in [4.78, 5) is 1.53. The van der Waals surface area contributed by atoms with Crippen LogP contribution in [0.15, 0.2) is 48.0 Å². The molecule has 0 saturated carbocycles. The second-order valence-electron chi connectivity index (χ2n) is 8.08. The molecule has 3 heteroatoms. The standard InChI is InChI=1S/C22H22BNS/c1-22(2)17-11-14(23)8-10-19(17)24-20-16-9-7-13-5-3-4-6-15(13)21(16)25-12-18(20)22/h3-6,8,10-11,18,20,24H,7,9,12H2,1-2H3. The van der Waals surface area contributed by atoms with Crippen molar-refractivity contribution in [1.29, 1.82) is 0 Å². The van der Waals surface area contributed by atoms with E-state index in [2.05, 4.69) is 67.3 Å². The molecule has 2 aliphatic heterocycles. The van der Waals surface area contributed by atoms with E-state index in [-0.39, 0.29) is 5.41 Å². The third-order valence-corrected chi connectivity index (χ3v) is 7.67. The van der Waals surface area contributed by atoms with Crippen molar-refractivity contribution in [2.45, 2.75) is 38.1 Å². The number of hydrogen-bond donors (Lipinski definition) is 1. The molecule has 2 radical (unpaired) electrons. The van der Waals surface area contributed by atoms with Gasteiger partial charge in [0.05, 0.1) is 6.04 Å². The Labute approximate surface area is 155 Å². The molecule has 0 amide bonds. The van der Waals surface area contributed by atoms with Crippen LogP contribution >= 0.6 is 11.8 Å². The van der Waals surface area contributed by atoms with Crippen LogP contribution in [0.5, 0.6) is 0 Å². The molecule has 2 heterocycles. The molecular weight excluding hydrogens is 321 g/mol. The van der Waals surface area contributed by atoms with Gasteiger partial charge < -0.3 is 5.32 Å². The molecule has 0 spiro atoms. The normalized spacial score (nSPS) is 26.0. The maximum Gasteiger partial charge on any atom is 0.113 e. The van der Waals surface area contributed by atoms with Gasteiger partial charge in [-0.2, -0.15) is 0 Å². The van der Waals surface area contributed by atoms with E-state index in [4.69, 9.17) is 7.85 Å². The first-order chi connectivity index (χ1) is 12.1. The van der Waals surface area contributed by atoms with Gasteiger partial charge in [-0.15, -0.1) is 11.8 Å². The van der Waals surface area contributed by atoms with Crippen molar-refractivity contribution < 1.29 is 0 Å².